The zero-order valence-electron chi connectivity index (χ0n) is 10.0. The lowest BCUT2D eigenvalue weighted by molar-refractivity contribution is 0.698. The molecule has 1 rings (SSSR count). The number of aromatic amines is 1. The molecule has 0 aromatic carbocycles. The number of nitrogens with one attached hydrogen (secondary N) is 2. The number of anilines is 1. The van der Waals surface area contributed by atoms with Crippen LogP contribution in [-0.2, 0) is 6.42 Å². The highest BCUT2D eigenvalue weighted by atomic mass is 32.2. The Bertz CT molecular complexity index is 378. The third-order valence-electron chi connectivity index (χ3n) is 2.21. The van der Waals surface area contributed by atoms with Crippen LogP contribution in [-0.4, -0.2) is 28.5 Å². The summed E-state index contributed by atoms with van der Waals surface area (Å²) in [5.41, 5.74) is -0.0909. The number of aryl methyl sites for hydroxylation is 1. The molecule has 2 N–H and O–H groups in total. The predicted octanol–water partition coefficient (Wildman–Crippen LogP) is 1.74. The van der Waals surface area contributed by atoms with Gasteiger partial charge in [0.15, 0.2) is 0 Å². The zero-order chi connectivity index (χ0) is 12.0. The fourth-order valence-corrected chi connectivity index (χ4v) is 2.08. The van der Waals surface area contributed by atoms with E-state index in [9.17, 15) is 4.79 Å². The van der Waals surface area contributed by atoms with Gasteiger partial charge in [0.05, 0.1) is 0 Å². The highest BCUT2D eigenvalue weighted by Gasteiger charge is 2.03. The number of aromatic nitrogens is 2. The largest absolute Gasteiger partial charge is 0.370 e. The Morgan fingerprint density at radius 1 is 1.62 bits per heavy atom. The van der Waals surface area contributed by atoms with Crippen LogP contribution in [0.5, 0.6) is 0 Å². The summed E-state index contributed by atoms with van der Waals surface area (Å²) in [4.78, 5) is 18.3. The second-order valence-corrected chi connectivity index (χ2v) is 4.78. The predicted molar refractivity (Wildman–Crippen MR) is 70.3 cm³/mol. The maximum absolute atomic E-state index is 11.3. The molecule has 0 fully saturated rings. The van der Waals surface area contributed by atoms with E-state index in [1.807, 2.05) is 18.7 Å². The Labute approximate surface area is 100 Å². The molecule has 5 heteroatoms. The number of hydrogen-bond acceptors (Lipinski definition) is 4. The van der Waals surface area contributed by atoms with Gasteiger partial charge in [0.25, 0.3) is 5.56 Å². The van der Waals surface area contributed by atoms with E-state index in [-0.39, 0.29) is 5.56 Å². The summed E-state index contributed by atoms with van der Waals surface area (Å²) in [5.74, 6) is 3.08. The minimum Gasteiger partial charge on any atom is -0.370 e. The third kappa shape index (κ3) is 4.26. The summed E-state index contributed by atoms with van der Waals surface area (Å²) in [5, 5.41) is 3.20. The van der Waals surface area contributed by atoms with E-state index in [4.69, 9.17) is 0 Å². The van der Waals surface area contributed by atoms with Crippen molar-refractivity contribution in [1.29, 1.82) is 0 Å². The summed E-state index contributed by atoms with van der Waals surface area (Å²) in [6, 6.07) is 1.50. The lowest BCUT2D eigenvalue weighted by atomic mass is 10.2. The summed E-state index contributed by atoms with van der Waals surface area (Å²) in [6.07, 6.45) is 2.84. The number of nitrogens with zero attached hydrogens (tertiary/aromatic N) is 1. The molecule has 1 atom stereocenters. The molecule has 0 aliphatic heterocycles. The van der Waals surface area contributed by atoms with Crippen LogP contribution in [0.15, 0.2) is 10.9 Å². The summed E-state index contributed by atoms with van der Waals surface area (Å²) >= 11 is 1.83. The molecular weight excluding hydrogens is 222 g/mol. The van der Waals surface area contributed by atoms with Gasteiger partial charge in [0, 0.05) is 19.0 Å². The van der Waals surface area contributed by atoms with E-state index < -0.39 is 0 Å². The second-order valence-electron chi connectivity index (χ2n) is 3.87. The maximum Gasteiger partial charge on any atom is 0.252 e. The van der Waals surface area contributed by atoms with Gasteiger partial charge in [0.2, 0.25) is 0 Å². The second kappa shape index (κ2) is 6.58. The van der Waals surface area contributed by atoms with Crippen molar-refractivity contribution in [2.45, 2.75) is 20.3 Å². The van der Waals surface area contributed by atoms with Gasteiger partial charge in [-0.05, 0) is 17.9 Å². The van der Waals surface area contributed by atoms with E-state index in [0.29, 0.717) is 11.7 Å². The molecule has 1 aromatic heterocycles. The van der Waals surface area contributed by atoms with E-state index in [1.54, 1.807) is 0 Å². The molecule has 16 heavy (non-hydrogen) atoms. The average Bonchev–Trinajstić information content (AvgIpc) is 2.26. The molecule has 0 bridgehead atoms. The van der Waals surface area contributed by atoms with Crippen LogP contribution < -0.4 is 10.9 Å². The van der Waals surface area contributed by atoms with Crippen LogP contribution in [0.25, 0.3) is 0 Å². The Morgan fingerprint density at radius 2 is 2.38 bits per heavy atom. The fourth-order valence-electron chi connectivity index (χ4n) is 1.39. The first kappa shape index (κ1) is 13.1. The first-order chi connectivity index (χ1) is 7.65. The molecule has 0 spiro atoms. The molecule has 0 saturated heterocycles. The van der Waals surface area contributed by atoms with Gasteiger partial charge in [-0.15, -0.1) is 0 Å². The van der Waals surface area contributed by atoms with Crippen molar-refractivity contribution in [1.82, 2.24) is 9.97 Å². The topological polar surface area (TPSA) is 57.8 Å². The van der Waals surface area contributed by atoms with Crippen LogP contribution >= 0.6 is 11.8 Å². The van der Waals surface area contributed by atoms with Gasteiger partial charge in [0.1, 0.15) is 11.6 Å². The summed E-state index contributed by atoms with van der Waals surface area (Å²) in [6.45, 7) is 5.00. The van der Waals surface area contributed by atoms with Crippen LogP contribution in [0.2, 0.25) is 0 Å². The van der Waals surface area contributed by atoms with Crippen molar-refractivity contribution in [3.63, 3.8) is 0 Å². The molecule has 90 valence electrons. The molecule has 1 heterocycles. The quantitative estimate of drug-likeness (QED) is 0.796. The van der Waals surface area contributed by atoms with E-state index in [2.05, 4.69) is 28.5 Å². The normalized spacial score (nSPS) is 12.4. The van der Waals surface area contributed by atoms with E-state index in [0.717, 1.165) is 24.5 Å². The van der Waals surface area contributed by atoms with Gasteiger partial charge in [-0.2, -0.15) is 11.8 Å². The van der Waals surface area contributed by atoms with Crippen LogP contribution in [0, 0.1) is 5.92 Å². The summed E-state index contributed by atoms with van der Waals surface area (Å²) < 4.78 is 0. The van der Waals surface area contributed by atoms with Gasteiger partial charge in [-0.1, -0.05) is 13.8 Å². The fraction of sp³-hybridized carbons (Fsp3) is 0.636. The molecule has 0 radical (unpaired) electrons. The minimum atomic E-state index is -0.0909. The van der Waals surface area contributed by atoms with Gasteiger partial charge in [-0.3, -0.25) is 4.79 Å². The first-order valence-corrected chi connectivity index (χ1v) is 6.88. The van der Waals surface area contributed by atoms with Gasteiger partial charge >= 0.3 is 0 Å². The number of thioether (sulfide) groups is 1. The molecule has 4 nitrogen and oxygen atoms in total. The first-order valence-electron chi connectivity index (χ1n) is 5.48. The number of hydrogen-bond donors (Lipinski definition) is 2. The lowest BCUT2D eigenvalue weighted by Gasteiger charge is -2.11. The molecule has 0 amide bonds. The number of H-pyrrole nitrogens is 1. The van der Waals surface area contributed by atoms with Gasteiger partial charge < -0.3 is 10.3 Å². The lowest BCUT2D eigenvalue weighted by Crippen LogP contribution is -2.18. The summed E-state index contributed by atoms with van der Waals surface area (Å²) in [7, 11) is 0. The standard InChI is InChI=1S/C11H19N3OS/c1-4-9-13-10(5-11(15)14-9)12-6-8(2)7-16-3/h5,8H,4,6-7H2,1-3H3,(H2,12,13,14,15). The monoisotopic (exact) mass is 241 g/mol. The highest BCUT2D eigenvalue weighted by Crippen LogP contribution is 2.06. The van der Waals surface area contributed by atoms with Crippen molar-refractivity contribution in [2.24, 2.45) is 5.92 Å². The zero-order valence-corrected chi connectivity index (χ0v) is 10.9. The van der Waals surface area contributed by atoms with Crippen molar-refractivity contribution >= 4 is 17.6 Å². The molecule has 1 aromatic rings. The van der Waals surface area contributed by atoms with E-state index in [1.165, 1.54) is 6.07 Å². The Kier molecular flexibility index (Phi) is 5.38. The molecular formula is C11H19N3OS. The van der Waals surface area contributed by atoms with Crippen molar-refractivity contribution in [3.05, 3.63) is 22.2 Å². The van der Waals surface area contributed by atoms with Crippen molar-refractivity contribution < 1.29 is 0 Å². The van der Waals surface area contributed by atoms with Crippen molar-refractivity contribution in [2.75, 3.05) is 23.9 Å². The SMILES string of the molecule is CCc1nc(NCC(C)CSC)cc(=O)[nH]1. The van der Waals surface area contributed by atoms with Crippen LogP contribution in [0.1, 0.15) is 19.7 Å². The number of rotatable bonds is 6. The van der Waals surface area contributed by atoms with Crippen LogP contribution in [0.4, 0.5) is 5.82 Å². The van der Waals surface area contributed by atoms with Crippen LogP contribution in [0.3, 0.4) is 0 Å². The Balaban J connectivity index is 2.59. The van der Waals surface area contributed by atoms with E-state index >= 15 is 0 Å². The molecule has 1 unspecified atom stereocenters. The Morgan fingerprint density at radius 3 is 3.00 bits per heavy atom. The smallest absolute Gasteiger partial charge is 0.252 e. The molecule has 0 aliphatic rings. The van der Waals surface area contributed by atoms with Gasteiger partial charge in [-0.25, -0.2) is 4.98 Å². The molecule has 0 aliphatic carbocycles. The maximum atomic E-state index is 11.3. The average molecular weight is 241 g/mol. The Hall–Kier alpha value is -0.970. The molecule has 0 saturated carbocycles. The van der Waals surface area contributed by atoms with Crippen molar-refractivity contribution in [3.8, 4) is 0 Å². The highest BCUT2D eigenvalue weighted by molar-refractivity contribution is 7.98. The minimum absolute atomic E-state index is 0.0909. The third-order valence-corrected chi connectivity index (χ3v) is 3.11.